The summed E-state index contributed by atoms with van der Waals surface area (Å²) in [5.74, 6) is -0.0927. The van der Waals surface area contributed by atoms with Crippen LogP contribution in [0, 0.1) is 0 Å². The summed E-state index contributed by atoms with van der Waals surface area (Å²) in [4.78, 5) is 15.7. The Morgan fingerprint density at radius 3 is 2.79 bits per heavy atom. The van der Waals surface area contributed by atoms with Crippen LogP contribution >= 0.6 is 11.6 Å². The maximum atomic E-state index is 13.0. The van der Waals surface area contributed by atoms with Crippen LogP contribution in [0.15, 0.2) is 56.7 Å². The summed E-state index contributed by atoms with van der Waals surface area (Å²) in [6.45, 7) is 0. The van der Waals surface area contributed by atoms with Gasteiger partial charge in [-0.2, -0.15) is 0 Å². The fourth-order valence-corrected chi connectivity index (χ4v) is 4.55. The monoisotopic (exact) mass is 419 g/mol. The van der Waals surface area contributed by atoms with Crippen molar-refractivity contribution >= 4 is 49.3 Å². The number of pyridine rings is 1. The number of ether oxygens (including phenoxy) is 1. The topological polar surface area (TPSA) is 103 Å². The molecule has 2 heterocycles. The molecule has 0 bridgehead atoms. The van der Waals surface area contributed by atoms with Crippen LogP contribution in [-0.2, 0) is 17.1 Å². The minimum Gasteiger partial charge on any atom is -0.494 e. The molecule has 4 aromatic rings. The molecule has 28 heavy (non-hydrogen) atoms. The Bertz CT molecular complexity index is 1390. The summed E-state index contributed by atoms with van der Waals surface area (Å²) < 4.78 is 40.1. The number of rotatable bonds is 4. The average molecular weight is 420 g/mol. The molecule has 0 amide bonds. The van der Waals surface area contributed by atoms with Crippen LogP contribution in [0.25, 0.3) is 22.0 Å². The molecular formula is C18H14ClN3O5S. The number of hydrogen-bond acceptors (Lipinski definition) is 6. The molecule has 0 aliphatic carbocycles. The summed E-state index contributed by atoms with van der Waals surface area (Å²) in [7, 11) is -1.05. The van der Waals surface area contributed by atoms with Gasteiger partial charge in [0.05, 0.1) is 23.3 Å². The van der Waals surface area contributed by atoms with E-state index in [1.807, 2.05) is 0 Å². The highest BCUT2D eigenvalue weighted by Gasteiger charge is 2.22. The summed E-state index contributed by atoms with van der Waals surface area (Å²) >= 11 is 6.19. The Morgan fingerprint density at radius 1 is 1.25 bits per heavy atom. The molecule has 4 rings (SSSR count). The highest BCUT2D eigenvalue weighted by molar-refractivity contribution is 7.92. The number of sulfonamides is 1. The van der Waals surface area contributed by atoms with Gasteiger partial charge in [0.2, 0.25) is 0 Å². The Kier molecular flexibility index (Phi) is 4.28. The number of methoxy groups -OCH3 is 1. The van der Waals surface area contributed by atoms with Gasteiger partial charge in [-0.05, 0) is 30.3 Å². The lowest BCUT2D eigenvalue weighted by Crippen LogP contribution is -2.14. The number of hydrogen-bond donors (Lipinski definition) is 1. The van der Waals surface area contributed by atoms with Crippen molar-refractivity contribution in [1.82, 2.24) is 9.55 Å². The Morgan fingerprint density at radius 2 is 2.04 bits per heavy atom. The zero-order chi connectivity index (χ0) is 20.1. The zero-order valence-corrected chi connectivity index (χ0v) is 16.3. The first-order valence-corrected chi connectivity index (χ1v) is 9.91. The molecule has 0 radical (unpaired) electrons. The van der Waals surface area contributed by atoms with Crippen LogP contribution in [0.1, 0.15) is 0 Å². The van der Waals surface area contributed by atoms with E-state index in [0.717, 1.165) is 0 Å². The van der Waals surface area contributed by atoms with E-state index in [1.165, 1.54) is 30.9 Å². The predicted octanol–water partition coefficient (Wildman–Crippen LogP) is 3.14. The second kappa shape index (κ2) is 6.54. The molecular weight excluding hydrogens is 406 g/mol. The standard InChI is InChI=1S/C18H14ClN3O5S/c1-22-13-8-11(19)16(9-15(13)27-18(22)23)28(24,25)21-12-5-6-14(26-2)17-10(12)4-3-7-20-17/h3-9,21H,1-2H3. The van der Waals surface area contributed by atoms with E-state index in [2.05, 4.69) is 9.71 Å². The number of aromatic nitrogens is 2. The number of nitrogens with zero attached hydrogens (tertiary/aromatic N) is 2. The van der Waals surface area contributed by atoms with Crippen LogP contribution in [0.2, 0.25) is 5.02 Å². The van der Waals surface area contributed by atoms with Gasteiger partial charge in [0.15, 0.2) is 5.58 Å². The molecule has 0 saturated heterocycles. The van der Waals surface area contributed by atoms with Crippen molar-refractivity contribution in [2.75, 3.05) is 11.8 Å². The minimum atomic E-state index is -4.07. The van der Waals surface area contributed by atoms with Crippen molar-refractivity contribution in [3.63, 3.8) is 0 Å². The molecule has 144 valence electrons. The fourth-order valence-electron chi connectivity index (χ4n) is 2.94. The van der Waals surface area contributed by atoms with Gasteiger partial charge in [-0.1, -0.05) is 11.6 Å². The third kappa shape index (κ3) is 2.88. The summed E-state index contributed by atoms with van der Waals surface area (Å²) in [5, 5.41) is 0.529. The van der Waals surface area contributed by atoms with Crippen molar-refractivity contribution in [3.05, 3.63) is 58.2 Å². The Labute approximate surface area is 164 Å². The Balaban J connectivity index is 1.85. The second-order valence-electron chi connectivity index (χ2n) is 6.00. The first-order valence-electron chi connectivity index (χ1n) is 8.05. The number of nitrogens with one attached hydrogen (secondary N) is 1. The van der Waals surface area contributed by atoms with E-state index >= 15 is 0 Å². The van der Waals surface area contributed by atoms with Gasteiger partial charge in [-0.25, -0.2) is 13.2 Å². The molecule has 0 unspecified atom stereocenters. The fraction of sp³-hybridized carbons (Fsp3) is 0.111. The molecule has 0 aliphatic heterocycles. The zero-order valence-electron chi connectivity index (χ0n) is 14.8. The molecule has 0 spiro atoms. The third-order valence-corrected chi connectivity index (χ3v) is 6.16. The third-order valence-electron chi connectivity index (χ3n) is 4.33. The molecule has 1 N–H and O–H groups in total. The van der Waals surface area contributed by atoms with Crippen LogP contribution in [0.3, 0.4) is 0 Å². The van der Waals surface area contributed by atoms with Gasteiger partial charge in [0.1, 0.15) is 16.2 Å². The number of fused-ring (bicyclic) bond motifs is 2. The van der Waals surface area contributed by atoms with Gasteiger partial charge in [0.25, 0.3) is 10.0 Å². The molecule has 2 aromatic carbocycles. The lowest BCUT2D eigenvalue weighted by atomic mass is 10.2. The molecule has 2 aromatic heterocycles. The van der Waals surface area contributed by atoms with E-state index in [1.54, 1.807) is 30.5 Å². The molecule has 0 aliphatic rings. The normalized spacial score (nSPS) is 11.8. The van der Waals surface area contributed by atoms with Gasteiger partial charge in [-0.15, -0.1) is 0 Å². The van der Waals surface area contributed by atoms with Crippen LogP contribution < -0.4 is 15.2 Å². The van der Waals surface area contributed by atoms with Crippen molar-refractivity contribution in [2.24, 2.45) is 7.05 Å². The van der Waals surface area contributed by atoms with Crippen LogP contribution in [0.4, 0.5) is 5.69 Å². The van der Waals surface area contributed by atoms with Crippen molar-refractivity contribution in [3.8, 4) is 5.75 Å². The largest absolute Gasteiger partial charge is 0.494 e. The second-order valence-corrected chi connectivity index (χ2v) is 8.06. The van der Waals surface area contributed by atoms with E-state index in [0.29, 0.717) is 27.9 Å². The smallest absolute Gasteiger partial charge is 0.419 e. The first-order chi connectivity index (χ1) is 13.3. The van der Waals surface area contributed by atoms with Gasteiger partial charge < -0.3 is 9.15 Å². The van der Waals surface area contributed by atoms with Crippen molar-refractivity contribution in [2.45, 2.75) is 4.90 Å². The quantitative estimate of drug-likeness (QED) is 0.545. The number of anilines is 1. The van der Waals surface area contributed by atoms with Gasteiger partial charge in [0, 0.05) is 24.7 Å². The number of halogens is 1. The minimum absolute atomic E-state index is 0.0349. The number of aryl methyl sites for hydroxylation is 1. The molecule has 0 saturated carbocycles. The molecule has 0 fully saturated rings. The highest BCUT2D eigenvalue weighted by atomic mass is 35.5. The summed E-state index contributed by atoms with van der Waals surface area (Å²) in [5.41, 5.74) is 1.35. The maximum absolute atomic E-state index is 13.0. The predicted molar refractivity (Wildman–Crippen MR) is 106 cm³/mol. The van der Waals surface area contributed by atoms with E-state index in [-0.39, 0.29) is 15.5 Å². The van der Waals surface area contributed by atoms with Crippen LogP contribution in [0.5, 0.6) is 5.75 Å². The lowest BCUT2D eigenvalue weighted by Gasteiger charge is -2.13. The summed E-state index contributed by atoms with van der Waals surface area (Å²) in [6.07, 6.45) is 1.59. The number of oxazole rings is 1. The summed E-state index contributed by atoms with van der Waals surface area (Å²) in [6, 6.07) is 9.22. The average Bonchev–Trinajstić information content (AvgIpc) is 2.95. The van der Waals surface area contributed by atoms with Crippen LogP contribution in [-0.4, -0.2) is 25.1 Å². The molecule has 0 atom stereocenters. The van der Waals surface area contributed by atoms with E-state index in [9.17, 15) is 13.2 Å². The maximum Gasteiger partial charge on any atom is 0.419 e. The van der Waals surface area contributed by atoms with E-state index < -0.39 is 15.8 Å². The van der Waals surface area contributed by atoms with Gasteiger partial charge in [-0.3, -0.25) is 14.3 Å². The highest BCUT2D eigenvalue weighted by Crippen LogP contribution is 2.33. The Hall–Kier alpha value is -3.04. The molecule has 8 nitrogen and oxygen atoms in total. The van der Waals surface area contributed by atoms with Crippen molar-refractivity contribution < 1.29 is 17.6 Å². The molecule has 10 heteroatoms. The number of benzene rings is 2. The SMILES string of the molecule is COc1ccc(NS(=O)(=O)c2cc3oc(=O)n(C)c3cc2Cl)c2cccnc12. The van der Waals surface area contributed by atoms with Crippen molar-refractivity contribution in [1.29, 1.82) is 0 Å². The van der Waals surface area contributed by atoms with Gasteiger partial charge >= 0.3 is 5.76 Å². The lowest BCUT2D eigenvalue weighted by molar-refractivity contribution is 0.419. The van der Waals surface area contributed by atoms with E-state index in [4.69, 9.17) is 20.8 Å². The first kappa shape index (κ1) is 18.3.